The number of nitrogens with zero attached hydrogens (tertiary/aromatic N) is 1. The van der Waals surface area contributed by atoms with Crippen molar-refractivity contribution in [3.63, 3.8) is 0 Å². The zero-order valence-electron chi connectivity index (χ0n) is 12.0. The molecule has 0 aliphatic heterocycles. The van der Waals surface area contributed by atoms with E-state index in [1.54, 1.807) is 29.0 Å². The SMILES string of the molecule is Cc1ccc[n+](CC(=O)c2cc3ccccc3oc2=O)c1.[Cl-]. The third-order valence-electron chi connectivity index (χ3n) is 3.27. The Morgan fingerprint density at radius 3 is 2.73 bits per heavy atom. The van der Waals surface area contributed by atoms with Crippen LogP contribution < -0.4 is 22.6 Å². The molecule has 22 heavy (non-hydrogen) atoms. The van der Waals surface area contributed by atoms with Gasteiger partial charge in [-0.15, -0.1) is 0 Å². The third-order valence-corrected chi connectivity index (χ3v) is 3.27. The van der Waals surface area contributed by atoms with E-state index in [4.69, 9.17) is 4.42 Å². The third kappa shape index (κ3) is 3.23. The number of ketones is 1. The highest BCUT2D eigenvalue weighted by Gasteiger charge is 2.17. The molecule has 0 saturated carbocycles. The Morgan fingerprint density at radius 1 is 1.18 bits per heavy atom. The molecule has 1 aromatic carbocycles. The van der Waals surface area contributed by atoms with E-state index in [9.17, 15) is 9.59 Å². The van der Waals surface area contributed by atoms with Crippen molar-refractivity contribution in [2.24, 2.45) is 0 Å². The van der Waals surface area contributed by atoms with Gasteiger partial charge in [-0.2, -0.15) is 4.57 Å². The van der Waals surface area contributed by atoms with Crippen LogP contribution in [0.25, 0.3) is 11.0 Å². The minimum atomic E-state index is -0.591. The van der Waals surface area contributed by atoms with Crippen molar-refractivity contribution in [3.8, 4) is 0 Å². The summed E-state index contributed by atoms with van der Waals surface area (Å²) in [7, 11) is 0. The highest BCUT2D eigenvalue weighted by atomic mass is 35.5. The van der Waals surface area contributed by atoms with E-state index in [2.05, 4.69) is 0 Å². The molecule has 0 aliphatic carbocycles. The maximum absolute atomic E-state index is 12.3. The molecule has 0 aliphatic rings. The van der Waals surface area contributed by atoms with Crippen molar-refractivity contribution in [1.29, 1.82) is 0 Å². The summed E-state index contributed by atoms with van der Waals surface area (Å²) in [6, 6.07) is 12.6. The van der Waals surface area contributed by atoms with Crippen LogP contribution >= 0.6 is 0 Å². The van der Waals surface area contributed by atoms with Gasteiger partial charge >= 0.3 is 5.63 Å². The molecule has 0 atom stereocenters. The van der Waals surface area contributed by atoms with Gasteiger partial charge in [-0.3, -0.25) is 4.79 Å². The van der Waals surface area contributed by atoms with Crippen LogP contribution in [0.5, 0.6) is 0 Å². The van der Waals surface area contributed by atoms with E-state index < -0.39 is 5.63 Å². The number of aromatic nitrogens is 1. The number of fused-ring (bicyclic) bond motifs is 1. The number of Topliss-reactive ketones (excluding diaryl/α,β-unsaturated/α-hetero) is 1. The first kappa shape index (κ1) is 15.9. The Balaban J connectivity index is 0.00000176. The average Bonchev–Trinajstić information content (AvgIpc) is 2.46. The second-order valence-electron chi connectivity index (χ2n) is 4.96. The summed E-state index contributed by atoms with van der Waals surface area (Å²) >= 11 is 0. The van der Waals surface area contributed by atoms with Crippen molar-refractivity contribution in [2.45, 2.75) is 13.5 Å². The van der Waals surface area contributed by atoms with Crippen LogP contribution in [-0.2, 0) is 6.54 Å². The molecule has 4 nitrogen and oxygen atoms in total. The Hall–Kier alpha value is -2.46. The first-order valence-corrected chi connectivity index (χ1v) is 6.65. The molecule has 2 aromatic heterocycles. The van der Waals surface area contributed by atoms with Gasteiger partial charge in [-0.05, 0) is 25.1 Å². The van der Waals surface area contributed by atoms with Gasteiger partial charge < -0.3 is 16.8 Å². The van der Waals surface area contributed by atoms with Crippen LogP contribution in [0.4, 0.5) is 0 Å². The fourth-order valence-electron chi connectivity index (χ4n) is 2.26. The van der Waals surface area contributed by atoms with E-state index in [1.807, 2.05) is 37.4 Å². The van der Waals surface area contributed by atoms with E-state index in [0.717, 1.165) is 10.9 Å². The Morgan fingerprint density at radius 2 is 1.95 bits per heavy atom. The first-order chi connectivity index (χ1) is 10.1. The van der Waals surface area contributed by atoms with Crippen LogP contribution in [0.15, 0.2) is 64.1 Å². The molecule has 5 heteroatoms. The quantitative estimate of drug-likeness (QED) is 0.364. The maximum Gasteiger partial charge on any atom is 0.347 e. The average molecular weight is 316 g/mol. The summed E-state index contributed by atoms with van der Waals surface area (Å²) in [5, 5.41) is 0.745. The van der Waals surface area contributed by atoms with Crippen molar-refractivity contribution in [3.05, 3.63) is 76.4 Å². The van der Waals surface area contributed by atoms with E-state index in [1.165, 1.54) is 0 Å². The zero-order chi connectivity index (χ0) is 14.8. The standard InChI is InChI=1S/C17H14NO3.ClH/c1-12-5-4-8-18(10-12)11-15(19)14-9-13-6-2-3-7-16(13)21-17(14)20;/h2-10H,11H2,1H3;1H/q+1;/p-1. The molecule has 3 rings (SSSR count). The molecule has 2 heterocycles. The van der Waals surface area contributed by atoms with E-state index >= 15 is 0 Å². The second kappa shape index (κ2) is 6.54. The summed E-state index contributed by atoms with van der Waals surface area (Å²) in [5.41, 5.74) is 1.03. The van der Waals surface area contributed by atoms with E-state index in [0.29, 0.717) is 5.58 Å². The lowest BCUT2D eigenvalue weighted by Crippen LogP contribution is -3.00. The number of carbonyl (C=O) groups is 1. The topological polar surface area (TPSA) is 51.2 Å². The second-order valence-corrected chi connectivity index (χ2v) is 4.96. The van der Waals surface area contributed by atoms with Crippen molar-refractivity contribution in [2.75, 3.05) is 0 Å². The molecular formula is C17H14ClNO3. The van der Waals surface area contributed by atoms with Crippen molar-refractivity contribution < 1.29 is 26.2 Å². The summed E-state index contributed by atoms with van der Waals surface area (Å²) in [5.74, 6) is -0.259. The Labute approximate surface area is 133 Å². The molecule has 0 fully saturated rings. The highest BCUT2D eigenvalue weighted by Crippen LogP contribution is 2.12. The molecule has 0 amide bonds. The molecule has 0 unspecified atom stereocenters. The van der Waals surface area contributed by atoms with Gasteiger partial charge in [0.2, 0.25) is 12.3 Å². The summed E-state index contributed by atoms with van der Waals surface area (Å²) < 4.78 is 6.95. The predicted molar refractivity (Wildman–Crippen MR) is 78.2 cm³/mol. The summed E-state index contributed by atoms with van der Waals surface area (Å²) in [4.78, 5) is 24.2. The summed E-state index contributed by atoms with van der Waals surface area (Å²) in [6.45, 7) is 2.07. The minimum absolute atomic E-state index is 0. The number of halogens is 1. The Bertz CT molecular complexity index is 886. The largest absolute Gasteiger partial charge is 1.00 e. The molecule has 3 aromatic rings. The molecule has 0 N–H and O–H groups in total. The molecule has 0 spiro atoms. The fourth-order valence-corrected chi connectivity index (χ4v) is 2.26. The molecule has 0 saturated heterocycles. The summed E-state index contributed by atoms with van der Waals surface area (Å²) in [6.07, 6.45) is 3.66. The number of hydrogen-bond donors (Lipinski definition) is 0. The lowest BCUT2D eigenvalue weighted by molar-refractivity contribution is -0.683. The van der Waals surface area contributed by atoms with Gasteiger partial charge in [0.1, 0.15) is 11.1 Å². The lowest BCUT2D eigenvalue weighted by atomic mass is 10.1. The predicted octanol–water partition coefficient (Wildman–Crippen LogP) is -0.724. The van der Waals surface area contributed by atoms with E-state index in [-0.39, 0.29) is 30.3 Å². The minimum Gasteiger partial charge on any atom is -1.00 e. The number of aryl methyl sites for hydroxylation is 1. The number of benzene rings is 1. The van der Waals surface area contributed by atoms with Crippen molar-refractivity contribution in [1.82, 2.24) is 0 Å². The number of para-hydroxylation sites is 1. The van der Waals surface area contributed by atoms with Gasteiger partial charge in [0.25, 0.3) is 0 Å². The van der Waals surface area contributed by atoms with Crippen LogP contribution in [-0.4, -0.2) is 5.78 Å². The zero-order valence-corrected chi connectivity index (χ0v) is 12.7. The van der Waals surface area contributed by atoms with Crippen LogP contribution in [0.2, 0.25) is 0 Å². The molecule has 112 valence electrons. The van der Waals surface area contributed by atoms with Gasteiger partial charge in [-0.1, -0.05) is 18.2 Å². The Kier molecular flexibility index (Phi) is 4.73. The number of hydrogen-bond acceptors (Lipinski definition) is 3. The van der Waals surface area contributed by atoms with Gasteiger partial charge in [0.15, 0.2) is 12.4 Å². The molecule has 0 radical (unpaired) electrons. The van der Waals surface area contributed by atoms with Crippen molar-refractivity contribution >= 4 is 16.8 Å². The number of rotatable bonds is 3. The number of carbonyl (C=O) groups excluding carboxylic acids is 1. The monoisotopic (exact) mass is 315 g/mol. The molecular weight excluding hydrogens is 302 g/mol. The smallest absolute Gasteiger partial charge is 0.347 e. The van der Waals surface area contributed by atoms with Gasteiger partial charge in [0.05, 0.1) is 0 Å². The van der Waals surface area contributed by atoms with Crippen LogP contribution in [0.1, 0.15) is 15.9 Å². The van der Waals surface area contributed by atoms with Gasteiger partial charge in [0, 0.05) is 17.0 Å². The number of pyridine rings is 1. The normalized spacial score (nSPS) is 10.2. The molecule has 0 bridgehead atoms. The lowest BCUT2D eigenvalue weighted by Gasteiger charge is -2.00. The first-order valence-electron chi connectivity index (χ1n) is 6.65. The highest BCUT2D eigenvalue weighted by molar-refractivity contribution is 5.97. The van der Waals surface area contributed by atoms with Crippen LogP contribution in [0.3, 0.4) is 0 Å². The maximum atomic E-state index is 12.3. The van der Waals surface area contributed by atoms with Gasteiger partial charge in [-0.25, -0.2) is 4.79 Å². The fraction of sp³-hybridized carbons (Fsp3) is 0.118. The van der Waals surface area contributed by atoms with Crippen LogP contribution in [0, 0.1) is 6.92 Å².